The number of hydrogen-bond acceptors (Lipinski definition) is 3. The van der Waals surface area contributed by atoms with Crippen LogP contribution in [0.4, 0.5) is 13.2 Å². The molecule has 6 nitrogen and oxygen atoms in total. The molecule has 1 aromatic heterocycles. The summed E-state index contributed by atoms with van der Waals surface area (Å²) in [6.07, 6.45) is 0.118. The Morgan fingerprint density at radius 1 is 1.22 bits per heavy atom. The van der Waals surface area contributed by atoms with Gasteiger partial charge in [0.05, 0.1) is 6.54 Å². The van der Waals surface area contributed by atoms with E-state index in [9.17, 15) is 13.2 Å². The average Bonchev–Trinajstić information content (AvgIpc) is 3.15. The van der Waals surface area contributed by atoms with Gasteiger partial charge in [-0.2, -0.15) is 18.3 Å². The third-order valence-corrected chi connectivity index (χ3v) is 3.53. The zero-order valence-electron chi connectivity index (χ0n) is 15.2. The van der Waals surface area contributed by atoms with Crippen LogP contribution < -0.4 is 15.4 Å². The lowest BCUT2D eigenvalue weighted by Gasteiger charge is -2.14. The van der Waals surface area contributed by atoms with Crippen LogP contribution in [0.1, 0.15) is 18.9 Å². The maximum atomic E-state index is 12.4. The van der Waals surface area contributed by atoms with Crippen LogP contribution in [0.15, 0.2) is 47.7 Å². The van der Waals surface area contributed by atoms with Crippen LogP contribution in [-0.4, -0.2) is 41.6 Å². The Balaban J connectivity index is 1.89. The van der Waals surface area contributed by atoms with E-state index in [4.69, 9.17) is 4.74 Å². The number of nitrogens with one attached hydrogen (secondary N) is 2. The summed E-state index contributed by atoms with van der Waals surface area (Å²) in [7, 11) is 0. The smallest absolute Gasteiger partial charge is 0.422 e. The van der Waals surface area contributed by atoms with Gasteiger partial charge in [-0.05, 0) is 25.5 Å². The van der Waals surface area contributed by atoms with E-state index in [1.54, 1.807) is 24.4 Å². The van der Waals surface area contributed by atoms with Gasteiger partial charge in [0.25, 0.3) is 0 Å². The van der Waals surface area contributed by atoms with E-state index in [2.05, 4.69) is 20.7 Å². The minimum atomic E-state index is -4.37. The maximum absolute atomic E-state index is 12.4. The van der Waals surface area contributed by atoms with E-state index in [0.29, 0.717) is 24.6 Å². The Morgan fingerprint density at radius 2 is 2.04 bits per heavy atom. The minimum absolute atomic E-state index is 0.188. The molecule has 0 aliphatic heterocycles. The Kier molecular flexibility index (Phi) is 7.97. The molecule has 148 valence electrons. The van der Waals surface area contributed by atoms with Crippen molar-refractivity contribution in [2.75, 3.05) is 19.7 Å². The van der Waals surface area contributed by atoms with Gasteiger partial charge in [0, 0.05) is 37.6 Å². The number of aryl methyl sites for hydroxylation is 1. The van der Waals surface area contributed by atoms with E-state index in [-0.39, 0.29) is 12.3 Å². The Morgan fingerprint density at radius 3 is 2.74 bits per heavy atom. The summed E-state index contributed by atoms with van der Waals surface area (Å²) >= 11 is 0. The number of rotatable bonds is 9. The molecule has 0 fully saturated rings. The molecular weight excluding hydrogens is 359 g/mol. The van der Waals surface area contributed by atoms with Crippen LogP contribution in [0.25, 0.3) is 0 Å². The highest BCUT2D eigenvalue weighted by Gasteiger charge is 2.28. The van der Waals surface area contributed by atoms with Crippen LogP contribution in [-0.2, 0) is 13.1 Å². The first-order valence-corrected chi connectivity index (χ1v) is 8.75. The number of nitrogens with zero attached hydrogens (tertiary/aromatic N) is 3. The number of guanidine groups is 1. The molecule has 0 saturated heterocycles. The molecule has 2 rings (SSSR count). The zero-order chi connectivity index (χ0) is 19.5. The second-order valence-electron chi connectivity index (χ2n) is 5.76. The number of para-hydroxylation sites is 1. The minimum Gasteiger partial charge on any atom is -0.484 e. The van der Waals surface area contributed by atoms with Crippen LogP contribution in [0.2, 0.25) is 0 Å². The number of halogens is 3. The van der Waals surface area contributed by atoms with Crippen molar-refractivity contribution in [2.24, 2.45) is 4.99 Å². The fourth-order valence-corrected chi connectivity index (χ4v) is 2.32. The Hall–Kier alpha value is -2.71. The van der Waals surface area contributed by atoms with Gasteiger partial charge in [0.1, 0.15) is 5.75 Å². The van der Waals surface area contributed by atoms with Gasteiger partial charge in [-0.1, -0.05) is 18.2 Å². The molecule has 0 spiro atoms. The standard InChI is InChI=1S/C18H24F3N5O/c1-2-22-17(23-9-5-11-26-12-6-10-25-26)24-13-15-7-3-4-8-16(15)27-14-18(19,20)21/h3-4,6-8,10,12H,2,5,9,11,13-14H2,1H3,(H2,22,23,24). The summed E-state index contributed by atoms with van der Waals surface area (Å²) < 4.78 is 43.9. The molecule has 0 atom stereocenters. The number of ether oxygens (including phenoxy) is 1. The molecule has 27 heavy (non-hydrogen) atoms. The van der Waals surface area contributed by atoms with E-state index >= 15 is 0 Å². The molecule has 0 bridgehead atoms. The topological polar surface area (TPSA) is 63.5 Å². The van der Waals surface area contributed by atoms with Gasteiger partial charge in [-0.3, -0.25) is 4.68 Å². The summed E-state index contributed by atoms with van der Waals surface area (Å²) in [6, 6.07) is 8.47. The molecule has 1 heterocycles. The summed E-state index contributed by atoms with van der Waals surface area (Å²) in [5.74, 6) is 0.789. The predicted octanol–water partition coefficient (Wildman–Crippen LogP) is 2.97. The fraction of sp³-hybridized carbons (Fsp3) is 0.444. The molecule has 9 heteroatoms. The number of aromatic nitrogens is 2. The Labute approximate surface area is 156 Å². The summed E-state index contributed by atoms with van der Waals surface area (Å²) in [5.41, 5.74) is 0.593. The highest BCUT2D eigenvalue weighted by molar-refractivity contribution is 5.79. The van der Waals surface area contributed by atoms with E-state index < -0.39 is 12.8 Å². The highest BCUT2D eigenvalue weighted by atomic mass is 19.4. The summed E-state index contributed by atoms with van der Waals surface area (Å²) in [4.78, 5) is 4.43. The first kappa shape index (κ1) is 20.6. The van der Waals surface area contributed by atoms with E-state index in [1.165, 1.54) is 6.07 Å². The van der Waals surface area contributed by atoms with Gasteiger partial charge in [0.2, 0.25) is 0 Å². The third-order valence-electron chi connectivity index (χ3n) is 3.53. The normalized spacial score (nSPS) is 12.1. The second-order valence-corrected chi connectivity index (χ2v) is 5.76. The molecule has 0 unspecified atom stereocenters. The first-order valence-electron chi connectivity index (χ1n) is 8.75. The van der Waals surface area contributed by atoms with Crippen LogP contribution in [0.5, 0.6) is 5.75 Å². The molecule has 2 aromatic rings. The van der Waals surface area contributed by atoms with Crippen molar-refractivity contribution < 1.29 is 17.9 Å². The molecule has 0 saturated carbocycles. The number of alkyl halides is 3. The van der Waals surface area contributed by atoms with Crippen LogP contribution in [0, 0.1) is 0 Å². The number of hydrogen-bond donors (Lipinski definition) is 2. The molecule has 2 N–H and O–H groups in total. The van der Waals surface area contributed by atoms with Crippen molar-refractivity contribution in [3.63, 3.8) is 0 Å². The Bertz CT molecular complexity index is 701. The molecule has 0 aliphatic carbocycles. The molecule has 0 radical (unpaired) electrons. The highest BCUT2D eigenvalue weighted by Crippen LogP contribution is 2.22. The summed E-state index contributed by atoms with van der Waals surface area (Å²) in [5, 5.41) is 10.5. The lowest BCUT2D eigenvalue weighted by atomic mass is 10.2. The monoisotopic (exact) mass is 383 g/mol. The van der Waals surface area contributed by atoms with E-state index in [0.717, 1.165) is 13.0 Å². The molecule has 0 amide bonds. The number of benzene rings is 1. The third kappa shape index (κ3) is 8.02. The van der Waals surface area contributed by atoms with Gasteiger partial charge in [0.15, 0.2) is 12.6 Å². The van der Waals surface area contributed by atoms with Crippen molar-refractivity contribution in [1.82, 2.24) is 20.4 Å². The van der Waals surface area contributed by atoms with Crippen molar-refractivity contribution >= 4 is 5.96 Å². The van der Waals surface area contributed by atoms with Gasteiger partial charge in [-0.15, -0.1) is 0 Å². The molecular formula is C18H24F3N5O. The van der Waals surface area contributed by atoms with Crippen LogP contribution in [0.3, 0.4) is 0 Å². The lowest BCUT2D eigenvalue weighted by molar-refractivity contribution is -0.153. The van der Waals surface area contributed by atoms with Crippen molar-refractivity contribution in [3.05, 3.63) is 48.3 Å². The first-order chi connectivity index (χ1) is 13.0. The van der Waals surface area contributed by atoms with Crippen molar-refractivity contribution in [2.45, 2.75) is 32.6 Å². The van der Waals surface area contributed by atoms with E-state index in [1.807, 2.05) is 23.9 Å². The van der Waals surface area contributed by atoms with Crippen molar-refractivity contribution in [1.29, 1.82) is 0 Å². The zero-order valence-corrected chi connectivity index (χ0v) is 15.2. The van der Waals surface area contributed by atoms with Crippen molar-refractivity contribution in [3.8, 4) is 5.75 Å². The predicted molar refractivity (Wildman–Crippen MR) is 97.7 cm³/mol. The second kappa shape index (κ2) is 10.4. The largest absolute Gasteiger partial charge is 0.484 e. The van der Waals surface area contributed by atoms with Gasteiger partial charge < -0.3 is 15.4 Å². The SMILES string of the molecule is CCNC(=NCc1ccccc1OCC(F)(F)F)NCCCn1cccn1. The van der Waals surface area contributed by atoms with Gasteiger partial charge >= 0.3 is 6.18 Å². The fourth-order valence-electron chi connectivity index (χ4n) is 2.32. The molecule has 1 aromatic carbocycles. The average molecular weight is 383 g/mol. The molecule has 0 aliphatic rings. The van der Waals surface area contributed by atoms with Gasteiger partial charge in [-0.25, -0.2) is 4.99 Å². The maximum Gasteiger partial charge on any atom is 0.422 e. The summed E-state index contributed by atoms with van der Waals surface area (Å²) in [6.45, 7) is 2.99. The quantitative estimate of drug-likeness (QED) is 0.397. The van der Waals surface area contributed by atoms with Crippen LogP contribution >= 0.6 is 0 Å². The number of aliphatic imine (C=N–C) groups is 1. The lowest BCUT2D eigenvalue weighted by Crippen LogP contribution is -2.38.